The zero-order valence-corrected chi connectivity index (χ0v) is 15.4. The van der Waals surface area contributed by atoms with E-state index in [4.69, 9.17) is 0 Å². The van der Waals surface area contributed by atoms with Gasteiger partial charge in [0.25, 0.3) is 0 Å². The van der Waals surface area contributed by atoms with Crippen molar-refractivity contribution in [1.82, 2.24) is 0 Å². The summed E-state index contributed by atoms with van der Waals surface area (Å²) in [7, 11) is 0. The molecular weight excluding hydrogens is 264 g/mol. The lowest BCUT2D eigenvalue weighted by atomic mass is 10.0. The second kappa shape index (κ2) is 17.4. The normalized spacial score (nSPS) is 24.0. The summed E-state index contributed by atoms with van der Waals surface area (Å²) in [5.41, 5.74) is 0. The Bertz CT molecular complexity index is 98.1. The maximum Gasteiger partial charge on any atom is -0.0386 e. The zero-order valence-electron chi connectivity index (χ0n) is 15.4. The van der Waals surface area contributed by atoms with Crippen LogP contribution in [0.1, 0.15) is 135 Å². The van der Waals surface area contributed by atoms with Gasteiger partial charge >= 0.3 is 0 Å². The molecule has 0 unspecified atom stereocenters. The third kappa shape index (κ3) is 14.9. The summed E-state index contributed by atoms with van der Waals surface area (Å²) in [6.45, 7) is 0. The van der Waals surface area contributed by atoms with Gasteiger partial charge in [-0.2, -0.15) is 0 Å². The van der Waals surface area contributed by atoms with Gasteiger partial charge in [-0.3, -0.25) is 0 Å². The molecule has 1 radical (unpaired) electrons. The minimum absolute atomic E-state index is 1.38. The lowest BCUT2D eigenvalue weighted by Gasteiger charge is -2.05. The maximum atomic E-state index is 2.56. The smallest absolute Gasteiger partial charge is 0.0386 e. The molecule has 1 aliphatic carbocycles. The van der Waals surface area contributed by atoms with E-state index in [2.05, 4.69) is 6.42 Å². The van der Waals surface area contributed by atoms with Crippen LogP contribution >= 0.6 is 0 Å². The molecule has 0 amide bonds. The van der Waals surface area contributed by atoms with Gasteiger partial charge in [0.05, 0.1) is 0 Å². The first-order chi connectivity index (χ1) is 11.0. The van der Waals surface area contributed by atoms with Crippen LogP contribution in [-0.2, 0) is 0 Å². The molecule has 0 aromatic rings. The number of hydrogen-bond donors (Lipinski definition) is 0. The third-order valence-corrected chi connectivity index (χ3v) is 5.32. The van der Waals surface area contributed by atoms with E-state index < -0.39 is 0 Å². The Hall–Kier alpha value is 0. The Labute approximate surface area is 141 Å². The summed E-state index contributed by atoms with van der Waals surface area (Å²) < 4.78 is 0. The second-order valence-corrected chi connectivity index (χ2v) is 7.58. The van der Waals surface area contributed by atoms with Crippen LogP contribution in [0.3, 0.4) is 0 Å². The standard InChI is InChI=1S/C22H43/c1-2-4-6-8-10-12-14-16-18-20-22-21-19-17-15-13-11-9-7-5-3-1/h1H,2-22H2. The van der Waals surface area contributed by atoms with E-state index in [1.54, 1.807) is 0 Å². The SMILES string of the molecule is [CH]1CCCCCCCCCCCCCCCCCCCCC1. The molecule has 0 spiro atoms. The summed E-state index contributed by atoms with van der Waals surface area (Å²) in [4.78, 5) is 0. The van der Waals surface area contributed by atoms with Crippen molar-refractivity contribution in [2.75, 3.05) is 0 Å². The van der Waals surface area contributed by atoms with Crippen LogP contribution in [0.25, 0.3) is 0 Å². The molecule has 0 aromatic heterocycles. The predicted molar refractivity (Wildman–Crippen MR) is 101 cm³/mol. The molecule has 0 N–H and O–H groups in total. The van der Waals surface area contributed by atoms with Crippen molar-refractivity contribution in [2.24, 2.45) is 0 Å². The summed E-state index contributed by atoms with van der Waals surface area (Å²) in [5.74, 6) is 0. The lowest BCUT2D eigenvalue weighted by Crippen LogP contribution is -1.86. The van der Waals surface area contributed by atoms with E-state index in [0.29, 0.717) is 0 Å². The molecule has 131 valence electrons. The monoisotopic (exact) mass is 307 g/mol. The molecule has 0 saturated heterocycles. The van der Waals surface area contributed by atoms with Crippen molar-refractivity contribution in [3.05, 3.63) is 6.42 Å². The van der Waals surface area contributed by atoms with Gasteiger partial charge in [0, 0.05) is 0 Å². The molecule has 1 saturated carbocycles. The maximum absolute atomic E-state index is 2.56. The minimum atomic E-state index is 1.38. The Balaban J connectivity index is 2.00. The van der Waals surface area contributed by atoms with E-state index in [9.17, 15) is 0 Å². The first-order valence-corrected chi connectivity index (χ1v) is 10.8. The van der Waals surface area contributed by atoms with Crippen molar-refractivity contribution in [2.45, 2.75) is 135 Å². The summed E-state index contributed by atoms with van der Waals surface area (Å²) in [6, 6.07) is 0. The lowest BCUT2D eigenvalue weighted by molar-refractivity contribution is 0.517. The first kappa shape index (κ1) is 20.0. The van der Waals surface area contributed by atoms with E-state index in [1.807, 2.05) is 0 Å². The van der Waals surface area contributed by atoms with Gasteiger partial charge in [-0.15, -0.1) is 0 Å². The fraction of sp³-hybridized carbons (Fsp3) is 0.955. The Morgan fingerprint density at radius 2 is 0.409 bits per heavy atom. The molecule has 0 aliphatic heterocycles. The first-order valence-electron chi connectivity index (χ1n) is 10.8. The van der Waals surface area contributed by atoms with Crippen molar-refractivity contribution in [1.29, 1.82) is 0 Å². The van der Waals surface area contributed by atoms with Crippen molar-refractivity contribution < 1.29 is 0 Å². The Morgan fingerprint density at radius 1 is 0.227 bits per heavy atom. The summed E-state index contributed by atoms with van der Waals surface area (Å²) >= 11 is 0. The molecule has 0 heterocycles. The fourth-order valence-electron chi connectivity index (χ4n) is 3.73. The molecule has 22 heavy (non-hydrogen) atoms. The van der Waals surface area contributed by atoms with Gasteiger partial charge < -0.3 is 0 Å². The third-order valence-electron chi connectivity index (χ3n) is 5.32. The van der Waals surface area contributed by atoms with Gasteiger partial charge in [-0.05, 0) is 6.42 Å². The summed E-state index contributed by atoms with van der Waals surface area (Å²) in [6.07, 6.45) is 33.5. The average Bonchev–Trinajstić information content (AvgIpc) is 2.53. The van der Waals surface area contributed by atoms with Gasteiger partial charge in [0.1, 0.15) is 0 Å². The Morgan fingerprint density at radius 3 is 0.636 bits per heavy atom. The minimum Gasteiger partial charge on any atom is -0.0533 e. The van der Waals surface area contributed by atoms with Gasteiger partial charge in [-0.1, -0.05) is 135 Å². The molecule has 1 rings (SSSR count). The van der Waals surface area contributed by atoms with Crippen LogP contribution < -0.4 is 0 Å². The van der Waals surface area contributed by atoms with E-state index in [1.165, 1.54) is 135 Å². The van der Waals surface area contributed by atoms with Crippen molar-refractivity contribution in [3.63, 3.8) is 0 Å². The van der Waals surface area contributed by atoms with Crippen LogP contribution in [0.4, 0.5) is 0 Å². The molecular formula is C22H43. The molecule has 0 atom stereocenters. The summed E-state index contributed by atoms with van der Waals surface area (Å²) in [5, 5.41) is 0. The highest BCUT2D eigenvalue weighted by molar-refractivity contribution is 4.64. The highest BCUT2D eigenvalue weighted by Gasteiger charge is 1.97. The zero-order chi connectivity index (χ0) is 15.6. The van der Waals surface area contributed by atoms with Crippen molar-refractivity contribution >= 4 is 0 Å². The highest BCUT2D eigenvalue weighted by Crippen LogP contribution is 2.16. The highest BCUT2D eigenvalue weighted by atomic mass is 14.0. The van der Waals surface area contributed by atoms with E-state index in [0.717, 1.165) is 0 Å². The van der Waals surface area contributed by atoms with Gasteiger partial charge in [0.15, 0.2) is 0 Å². The molecule has 0 nitrogen and oxygen atoms in total. The molecule has 0 aromatic carbocycles. The van der Waals surface area contributed by atoms with E-state index >= 15 is 0 Å². The van der Waals surface area contributed by atoms with E-state index in [-0.39, 0.29) is 0 Å². The predicted octanol–water partition coefficient (Wildman–Crippen LogP) is 8.40. The van der Waals surface area contributed by atoms with Crippen molar-refractivity contribution in [3.8, 4) is 0 Å². The average molecular weight is 308 g/mol. The quantitative estimate of drug-likeness (QED) is 0.421. The molecule has 0 heteroatoms. The topological polar surface area (TPSA) is 0 Å². The van der Waals surface area contributed by atoms with Gasteiger partial charge in [0.2, 0.25) is 0 Å². The Kier molecular flexibility index (Phi) is 15.8. The second-order valence-electron chi connectivity index (χ2n) is 7.58. The fourth-order valence-corrected chi connectivity index (χ4v) is 3.73. The van der Waals surface area contributed by atoms with Crippen LogP contribution in [0.2, 0.25) is 0 Å². The molecule has 1 aliphatic rings. The molecule has 0 bridgehead atoms. The van der Waals surface area contributed by atoms with Crippen LogP contribution in [0.15, 0.2) is 0 Å². The van der Waals surface area contributed by atoms with Gasteiger partial charge in [-0.25, -0.2) is 0 Å². The van der Waals surface area contributed by atoms with Crippen LogP contribution in [0.5, 0.6) is 0 Å². The van der Waals surface area contributed by atoms with Crippen LogP contribution in [0, 0.1) is 6.42 Å². The van der Waals surface area contributed by atoms with Crippen LogP contribution in [-0.4, -0.2) is 0 Å². The number of rotatable bonds is 0. The largest absolute Gasteiger partial charge is 0.0533 e. The number of hydrogen-bond acceptors (Lipinski definition) is 0. The molecule has 1 fully saturated rings.